The number of fused-ring (bicyclic) bond motifs is 1. The first-order valence-electron chi connectivity index (χ1n) is 7.68. The summed E-state index contributed by atoms with van der Waals surface area (Å²) < 4.78 is 10.5. The van der Waals surface area contributed by atoms with Crippen LogP contribution in [0, 0.1) is 0 Å². The smallest absolute Gasteiger partial charge is 0.241 e. The van der Waals surface area contributed by atoms with E-state index in [1.165, 1.54) is 0 Å². The van der Waals surface area contributed by atoms with Gasteiger partial charge >= 0.3 is 0 Å². The van der Waals surface area contributed by atoms with Crippen molar-refractivity contribution < 1.29 is 19.1 Å². The monoisotopic (exact) mass is 321 g/mol. The fraction of sp³-hybridized carbons (Fsp3) is 0.500. The average Bonchev–Trinajstić information content (AvgIpc) is 2.99. The van der Waals surface area contributed by atoms with Gasteiger partial charge in [-0.1, -0.05) is 6.92 Å². The van der Waals surface area contributed by atoms with E-state index < -0.39 is 6.04 Å². The minimum absolute atomic E-state index is 0.0860. The van der Waals surface area contributed by atoms with Crippen LogP contribution in [0.1, 0.15) is 20.3 Å². The van der Waals surface area contributed by atoms with Gasteiger partial charge in [-0.05, 0) is 32.5 Å². The summed E-state index contributed by atoms with van der Waals surface area (Å²) in [6, 6.07) is 4.80. The summed E-state index contributed by atoms with van der Waals surface area (Å²) in [5, 5.41) is 5.61. The maximum atomic E-state index is 12.3. The van der Waals surface area contributed by atoms with Crippen LogP contribution >= 0.6 is 0 Å². The summed E-state index contributed by atoms with van der Waals surface area (Å²) in [5.41, 5.74) is 0.634. The molecule has 2 amide bonds. The molecule has 0 saturated carbocycles. The zero-order chi connectivity index (χ0) is 16.8. The number of rotatable bonds is 7. The van der Waals surface area contributed by atoms with Gasteiger partial charge in [0.2, 0.25) is 18.6 Å². The summed E-state index contributed by atoms with van der Waals surface area (Å²) in [6.07, 6.45) is 0.885. The molecule has 23 heavy (non-hydrogen) atoms. The molecule has 0 fully saturated rings. The molecule has 0 unspecified atom stereocenters. The Balaban J connectivity index is 1.88. The van der Waals surface area contributed by atoms with Crippen LogP contribution in [0.3, 0.4) is 0 Å². The maximum absolute atomic E-state index is 12.3. The van der Waals surface area contributed by atoms with Crippen molar-refractivity contribution in [3.63, 3.8) is 0 Å². The molecule has 0 spiro atoms. The van der Waals surface area contributed by atoms with Crippen LogP contribution in [0.15, 0.2) is 18.2 Å². The third-order valence-corrected chi connectivity index (χ3v) is 3.65. The molecular formula is C16H23N3O4. The molecular weight excluding hydrogens is 298 g/mol. The molecule has 0 bridgehead atoms. The van der Waals surface area contributed by atoms with Gasteiger partial charge in [-0.3, -0.25) is 14.5 Å². The number of ether oxygens (including phenoxy) is 2. The van der Waals surface area contributed by atoms with E-state index >= 15 is 0 Å². The zero-order valence-electron chi connectivity index (χ0n) is 13.7. The first kappa shape index (κ1) is 17.1. The highest BCUT2D eigenvalue weighted by Crippen LogP contribution is 2.34. The standard InChI is InChI=1S/C16H23N3O4/c1-4-7-17-15(20)9-19(3)11(2)16(21)18-12-5-6-13-14(8-12)23-10-22-13/h5-6,8,11H,4,7,9-10H2,1-3H3,(H,17,20)(H,18,21)/t11-/m0/s1. The number of amides is 2. The van der Waals surface area contributed by atoms with Crippen molar-refractivity contribution in [3.8, 4) is 11.5 Å². The molecule has 0 saturated heterocycles. The predicted octanol–water partition coefficient (Wildman–Crippen LogP) is 1.20. The number of nitrogens with one attached hydrogen (secondary N) is 2. The van der Waals surface area contributed by atoms with E-state index in [1.54, 1.807) is 37.1 Å². The Morgan fingerprint density at radius 2 is 2.04 bits per heavy atom. The third kappa shape index (κ3) is 4.59. The number of hydrogen-bond acceptors (Lipinski definition) is 5. The first-order chi connectivity index (χ1) is 11.0. The van der Waals surface area contributed by atoms with Crippen molar-refractivity contribution >= 4 is 17.5 Å². The van der Waals surface area contributed by atoms with Crippen molar-refractivity contribution in [3.05, 3.63) is 18.2 Å². The molecule has 7 heteroatoms. The Bertz CT molecular complexity index is 576. The SMILES string of the molecule is CCCNC(=O)CN(C)[C@@H](C)C(=O)Nc1ccc2c(c1)OCO2. The molecule has 0 radical (unpaired) electrons. The van der Waals surface area contributed by atoms with Crippen molar-refractivity contribution in [2.24, 2.45) is 0 Å². The summed E-state index contributed by atoms with van der Waals surface area (Å²) in [7, 11) is 1.75. The second-order valence-electron chi connectivity index (χ2n) is 5.50. The van der Waals surface area contributed by atoms with E-state index in [0.717, 1.165) is 6.42 Å². The van der Waals surface area contributed by atoms with Crippen molar-refractivity contribution in [2.75, 3.05) is 32.2 Å². The highest BCUT2D eigenvalue weighted by atomic mass is 16.7. The minimum atomic E-state index is -0.437. The van der Waals surface area contributed by atoms with Crippen LogP contribution < -0.4 is 20.1 Å². The van der Waals surface area contributed by atoms with Crippen molar-refractivity contribution in [2.45, 2.75) is 26.3 Å². The molecule has 2 N–H and O–H groups in total. The molecule has 1 aromatic rings. The van der Waals surface area contributed by atoms with Crippen LogP contribution in [0.25, 0.3) is 0 Å². The molecule has 1 aliphatic heterocycles. The topological polar surface area (TPSA) is 79.9 Å². The van der Waals surface area contributed by atoms with Gasteiger partial charge in [0.15, 0.2) is 11.5 Å². The van der Waals surface area contributed by atoms with E-state index in [9.17, 15) is 9.59 Å². The summed E-state index contributed by atoms with van der Waals surface area (Å²) in [6.45, 7) is 4.76. The van der Waals surface area contributed by atoms with Crippen molar-refractivity contribution in [1.29, 1.82) is 0 Å². The van der Waals surface area contributed by atoms with Crippen LogP contribution in [0.2, 0.25) is 0 Å². The molecule has 7 nitrogen and oxygen atoms in total. The molecule has 1 aromatic carbocycles. The first-order valence-corrected chi connectivity index (χ1v) is 7.68. The molecule has 1 aliphatic rings. The van der Waals surface area contributed by atoms with Gasteiger partial charge in [0, 0.05) is 18.3 Å². The number of carbonyl (C=O) groups excluding carboxylic acids is 2. The number of nitrogens with zero attached hydrogens (tertiary/aromatic N) is 1. The molecule has 0 aliphatic carbocycles. The van der Waals surface area contributed by atoms with Crippen LogP contribution in [-0.4, -0.2) is 49.7 Å². The fourth-order valence-corrected chi connectivity index (χ4v) is 2.10. The highest BCUT2D eigenvalue weighted by Gasteiger charge is 2.21. The maximum Gasteiger partial charge on any atom is 0.241 e. The third-order valence-electron chi connectivity index (χ3n) is 3.65. The Morgan fingerprint density at radius 1 is 1.30 bits per heavy atom. The number of benzene rings is 1. The lowest BCUT2D eigenvalue weighted by Gasteiger charge is -2.23. The quantitative estimate of drug-likeness (QED) is 0.789. The molecule has 1 atom stereocenters. The zero-order valence-corrected chi connectivity index (χ0v) is 13.7. The van der Waals surface area contributed by atoms with Gasteiger partial charge in [0.25, 0.3) is 0 Å². The van der Waals surface area contributed by atoms with Crippen molar-refractivity contribution in [1.82, 2.24) is 10.2 Å². The van der Waals surface area contributed by atoms with E-state index in [4.69, 9.17) is 9.47 Å². The lowest BCUT2D eigenvalue weighted by Crippen LogP contribution is -2.44. The van der Waals surface area contributed by atoms with Crippen LogP contribution in [0.4, 0.5) is 5.69 Å². The largest absolute Gasteiger partial charge is 0.454 e. The molecule has 2 rings (SSSR count). The second-order valence-corrected chi connectivity index (χ2v) is 5.50. The van der Waals surface area contributed by atoms with E-state index in [0.29, 0.717) is 23.7 Å². The fourth-order valence-electron chi connectivity index (χ4n) is 2.10. The summed E-state index contributed by atoms with van der Waals surface area (Å²) in [5.74, 6) is 1.01. The predicted molar refractivity (Wildman–Crippen MR) is 86.6 cm³/mol. The van der Waals surface area contributed by atoms with E-state index in [-0.39, 0.29) is 25.2 Å². The van der Waals surface area contributed by atoms with Gasteiger partial charge in [0.1, 0.15) is 0 Å². The Labute approximate surface area is 135 Å². The van der Waals surface area contributed by atoms with Gasteiger partial charge in [-0.15, -0.1) is 0 Å². The minimum Gasteiger partial charge on any atom is -0.454 e. The highest BCUT2D eigenvalue weighted by molar-refractivity contribution is 5.95. The summed E-state index contributed by atoms with van der Waals surface area (Å²) >= 11 is 0. The normalized spacial score (nSPS) is 13.7. The molecule has 1 heterocycles. The Hall–Kier alpha value is -2.28. The van der Waals surface area contributed by atoms with E-state index in [2.05, 4.69) is 10.6 Å². The van der Waals surface area contributed by atoms with Gasteiger partial charge in [-0.2, -0.15) is 0 Å². The van der Waals surface area contributed by atoms with Crippen LogP contribution in [0.5, 0.6) is 11.5 Å². The van der Waals surface area contributed by atoms with Gasteiger partial charge in [0.05, 0.1) is 12.6 Å². The van der Waals surface area contributed by atoms with E-state index in [1.807, 2.05) is 6.92 Å². The number of likely N-dealkylation sites (N-methyl/N-ethyl adjacent to an activating group) is 1. The van der Waals surface area contributed by atoms with Crippen LogP contribution in [-0.2, 0) is 9.59 Å². The second kappa shape index (κ2) is 7.82. The Kier molecular flexibility index (Phi) is 5.81. The van der Waals surface area contributed by atoms with Gasteiger partial charge in [-0.25, -0.2) is 0 Å². The Morgan fingerprint density at radius 3 is 2.78 bits per heavy atom. The van der Waals surface area contributed by atoms with Gasteiger partial charge < -0.3 is 20.1 Å². The lowest BCUT2D eigenvalue weighted by molar-refractivity contribution is -0.124. The number of anilines is 1. The average molecular weight is 321 g/mol. The number of carbonyl (C=O) groups is 2. The molecule has 0 aromatic heterocycles. The number of hydrogen-bond donors (Lipinski definition) is 2. The lowest BCUT2D eigenvalue weighted by atomic mass is 10.2. The molecule has 126 valence electrons. The summed E-state index contributed by atoms with van der Waals surface area (Å²) in [4.78, 5) is 25.7.